The lowest BCUT2D eigenvalue weighted by Crippen LogP contribution is -2.19. The van der Waals surface area contributed by atoms with Crippen molar-refractivity contribution in [3.8, 4) is 5.75 Å². The molecule has 0 saturated carbocycles. The highest BCUT2D eigenvalue weighted by Gasteiger charge is 2.10. The molecule has 6 heteroatoms. The number of benzene rings is 1. The van der Waals surface area contributed by atoms with Crippen molar-refractivity contribution in [3.63, 3.8) is 0 Å². The second-order valence-corrected chi connectivity index (χ2v) is 5.29. The van der Waals surface area contributed by atoms with E-state index in [0.717, 1.165) is 18.5 Å². The molecule has 0 aliphatic carbocycles. The molecule has 1 atom stereocenters. The van der Waals surface area contributed by atoms with E-state index in [1.807, 2.05) is 18.2 Å². The maximum absolute atomic E-state index is 6.26. The van der Waals surface area contributed by atoms with Crippen LogP contribution in [0.15, 0.2) is 22.7 Å². The molecule has 1 aromatic heterocycles. The van der Waals surface area contributed by atoms with Gasteiger partial charge in [0, 0.05) is 13.0 Å². The van der Waals surface area contributed by atoms with Gasteiger partial charge in [-0.1, -0.05) is 29.7 Å². The number of halogens is 1. The van der Waals surface area contributed by atoms with E-state index >= 15 is 0 Å². The molecule has 21 heavy (non-hydrogen) atoms. The highest BCUT2D eigenvalue weighted by atomic mass is 35.5. The van der Waals surface area contributed by atoms with Crippen LogP contribution in [0.25, 0.3) is 0 Å². The normalized spacial score (nSPS) is 12.4. The smallest absolute Gasteiger partial charge is 0.223 e. The molecule has 2 aromatic rings. The number of ether oxygens (including phenoxy) is 1. The van der Waals surface area contributed by atoms with Gasteiger partial charge in [-0.05, 0) is 37.6 Å². The minimum Gasteiger partial charge on any atom is -0.484 e. The van der Waals surface area contributed by atoms with E-state index in [9.17, 15) is 0 Å². The molecule has 5 nitrogen and oxygen atoms in total. The van der Waals surface area contributed by atoms with Crippen molar-refractivity contribution >= 4 is 11.6 Å². The summed E-state index contributed by atoms with van der Waals surface area (Å²) in [6.07, 6.45) is 1.10. The summed E-state index contributed by atoms with van der Waals surface area (Å²) in [6.45, 7) is 7.21. The summed E-state index contributed by atoms with van der Waals surface area (Å²) in [7, 11) is 0. The summed E-state index contributed by atoms with van der Waals surface area (Å²) in [5.74, 6) is 1.64. The van der Waals surface area contributed by atoms with E-state index in [0.29, 0.717) is 22.5 Å². The van der Waals surface area contributed by atoms with Gasteiger partial charge in [0.25, 0.3) is 0 Å². The van der Waals surface area contributed by atoms with E-state index in [1.54, 1.807) is 6.92 Å². The zero-order valence-corrected chi connectivity index (χ0v) is 13.3. The van der Waals surface area contributed by atoms with Gasteiger partial charge in [-0.3, -0.25) is 0 Å². The first-order chi connectivity index (χ1) is 10.1. The molecule has 2 rings (SSSR count). The van der Waals surface area contributed by atoms with Crippen LogP contribution in [0, 0.1) is 6.92 Å². The van der Waals surface area contributed by atoms with Gasteiger partial charge in [0.05, 0.1) is 5.02 Å². The Labute approximate surface area is 129 Å². The SMILES string of the molecule is CCCNC(C)c1ccc(OCc2noc(C)n2)c(Cl)c1. The molecule has 1 unspecified atom stereocenters. The lowest BCUT2D eigenvalue weighted by Gasteiger charge is -2.15. The highest BCUT2D eigenvalue weighted by molar-refractivity contribution is 6.32. The van der Waals surface area contributed by atoms with Crippen LogP contribution in [0.4, 0.5) is 0 Å². The van der Waals surface area contributed by atoms with Crippen LogP contribution < -0.4 is 10.1 Å². The van der Waals surface area contributed by atoms with Gasteiger partial charge in [0.15, 0.2) is 6.61 Å². The Bertz CT molecular complexity index is 586. The Kier molecular flexibility index (Phi) is 5.59. The molecule has 0 bridgehead atoms. The minimum atomic E-state index is 0.236. The van der Waals surface area contributed by atoms with Crippen LogP contribution in [0.3, 0.4) is 0 Å². The number of aromatic nitrogens is 2. The van der Waals surface area contributed by atoms with Crippen molar-refractivity contribution in [1.82, 2.24) is 15.5 Å². The molecular weight excluding hydrogens is 290 g/mol. The fraction of sp³-hybridized carbons (Fsp3) is 0.467. The summed E-state index contributed by atoms with van der Waals surface area (Å²) in [5, 5.41) is 7.78. The molecule has 1 heterocycles. The molecule has 1 N–H and O–H groups in total. The average Bonchev–Trinajstić information content (AvgIpc) is 2.89. The minimum absolute atomic E-state index is 0.236. The van der Waals surface area contributed by atoms with E-state index < -0.39 is 0 Å². The second-order valence-electron chi connectivity index (χ2n) is 4.88. The van der Waals surface area contributed by atoms with Gasteiger partial charge < -0.3 is 14.6 Å². The molecule has 0 aliphatic rings. The third-order valence-electron chi connectivity index (χ3n) is 3.08. The Morgan fingerprint density at radius 2 is 2.24 bits per heavy atom. The molecule has 0 aliphatic heterocycles. The summed E-state index contributed by atoms with van der Waals surface area (Å²) < 4.78 is 10.5. The van der Waals surface area contributed by atoms with Crippen molar-refractivity contribution in [2.45, 2.75) is 39.8 Å². The molecule has 0 fully saturated rings. The Hall–Kier alpha value is -1.59. The van der Waals surface area contributed by atoms with Gasteiger partial charge in [0.1, 0.15) is 5.75 Å². The van der Waals surface area contributed by atoms with Crippen LogP contribution in [-0.2, 0) is 6.61 Å². The monoisotopic (exact) mass is 309 g/mol. The van der Waals surface area contributed by atoms with Gasteiger partial charge in [-0.15, -0.1) is 0 Å². The van der Waals surface area contributed by atoms with Crippen molar-refractivity contribution in [3.05, 3.63) is 40.5 Å². The number of nitrogens with zero attached hydrogens (tertiary/aromatic N) is 2. The molecule has 0 spiro atoms. The van der Waals surface area contributed by atoms with Crippen molar-refractivity contribution in [2.24, 2.45) is 0 Å². The van der Waals surface area contributed by atoms with Crippen LogP contribution >= 0.6 is 11.6 Å². The third kappa shape index (κ3) is 4.44. The van der Waals surface area contributed by atoms with Crippen LogP contribution in [0.1, 0.15) is 43.6 Å². The van der Waals surface area contributed by atoms with Crippen molar-refractivity contribution in [1.29, 1.82) is 0 Å². The van der Waals surface area contributed by atoms with E-state index in [1.165, 1.54) is 0 Å². The number of hydrogen-bond donors (Lipinski definition) is 1. The first-order valence-corrected chi connectivity index (χ1v) is 7.42. The summed E-state index contributed by atoms with van der Waals surface area (Å²) in [4.78, 5) is 4.08. The number of hydrogen-bond acceptors (Lipinski definition) is 5. The predicted octanol–water partition coefficient (Wildman–Crippen LogP) is 3.67. The number of aryl methyl sites for hydroxylation is 1. The Morgan fingerprint density at radius 1 is 1.43 bits per heavy atom. The first-order valence-electron chi connectivity index (χ1n) is 7.05. The number of rotatable bonds is 7. The van der Waals surface area contributed by atoms with Crippen LogP contribution in [-0.4, -0.2) is 16.7 Å². The third-order valence-corrected chi connectivity index (χ3v) is 3.38. The Balaban J connectivity index is 1.98. The lowest BCUT2D eigenvalue weighted by molar-refractivity contribution is 0.286. The average molecular weight is 310 g/mol. The van der Waals surface area contributed by atoms with Crippen LogP contribution in [0.5, 0.6) is 5.75 Å². The molecule has 0 radical (unpaired) electrons. The van der Waals surface area contributed by atoms with Gasteiger partial charge in [-0.2, -0.15) is 4.98 Å². The van der Waals surface area contributed by atoms with Gasteiger partial charge in [0.2, 0.25) is 11.7 Å². The van der Waals surface area contributed by atoms with E-state index in [2.05, 4.69) is 29.3 Å². The zero-order valence-electron chi connectivity index (χ0n) is 12.5. The fourth-order valence-corrected chi connectivity index (χ4v) is 2.17. The maximum Gasteiger partial charge on any atom is 0.223 e. The maximum atomic E-state index is 6.26. The molecule has 114 valence electrons. The van der Waals surface area contributed by atoms with Gasteiger partial charge >= 0.3 is 0 Å². The fourth-order valence-electron chi connectivity index (χ4n) is 1.92. The highest BCUT2D eigenvalue weighted by Crippen LogP contribution is 2.28. The van der Waals surface area contributed by atoms with Crippen molar-refractivity contribution in [2.75, 3.05) is 6.54 Å². The van der Waals surface area contributed by atoms with Gasteiger partial charge in [-0.25, -0.2) is 0 Å². The van der Waals surface area contributed by atoms with E-state index in [-0.39, 0.29) is 12.6 Å². The Morgan fingerprint density at radius 3 is 2.86 bits per heavy atom. The van der Waals surface area contributed by atoms with Crippen molar-refractivity contribution < 1.29 is 9.26 Å². The quantitative estimate of drug-likeness (QED) is 0.845. The number of nitrogens with one attached hydrogen (secondary N) is 1. The molecular formula is C15H20ClN3O2. The van der Waals surface area contributed by atoms with E-state index in [4.69, 9.17) is 20.9 Å². The molecule has 0 saturated heterocycles. The topological polar surface area (TPSA) is 60.2 Å². The summed E-state index contributed by atoms with van der Waals surface area (Å²) in [6, 6.07) is 6.06. The lowest BCUT2D eigenvalue weighted by atomic mass is 10.1. The molecule has 1 aromatic carbocycles. The summed E-state index contributed by atoms with van der Waals surface area (Å²) >= 11 is 6.26. The first kappa shape index (κ1) is 15.8. The second kappa shape index (κ2) is 7.43. The largest absolute Gasteiger partial charge is 0.484 e. The van der Waals surface area contributed by atoms with Crippen LogP contribution in [0.2, 0.25) is 5.02 Å². The predicted molar refractivity (Wildman–Crippen MR) is 81.5 cm³/mol. The summed E-state index contributed by atoms with van der Waals surface area (Å²) in [5.41, 5.74) is 1.14. The molecule has 0 amide bonds. The standard InChI is InChI=1S/C15H20ClN3O2/c1-4-7-17-10(2)12-5-6-14(13(16)8-12)20-9-15-18-11(3)21-19-15/h5-6,8,10,17H,4,7,9H2,1-3H3. The zero-order chi connectivity index (χ0) is 15.2.